The molecule has 2 amide bonds. The van der Waals surface area contributed by atoms with Crippen LogP contribution in [0.25, 0.3) is 0 Å². The maximum atomic E-state index is 11.3. The SMILES string of the molecule is NC(=O)NCCC[C@H](NC1(CO)O[C@H](CO)[C@@H](O)[C@@H]1O)C(=O)O. The molecule has 1 fully saturated rings. The maximum Gasteiger partial charge on any atom is 0.320 e. The van der Waals surface area contributed by atoms with E-state index in [1.807, 2.05) is 0 Å². The monoisotopic (exact) mass is 337 g/mol. The number of ether oxygens (including phenoxy) is 1. The van der Waals surface area contributed by atoms with Crippen molar-refractivity contribution in [3.05, 3.63) is 0 Å². The molecule has 1 aliphatic heterocycles. The van der Waals surface area contributed by atoms with Crippen molar-refractivity contribution < 1.29 is 39.9 Å². The summed E-state index contributed by atoms with van der Waals surface area (Å²) in [5.41, 5.74) is 2.98. The predicted molar refractivity (Wildman–Crippen MR) is 75.2 cm³/mol. The molecule has 0 aromatic heterocycles. The van der Waals surface area contributed by atoms with Gasteiger partial charge in [0.1, 0.15) is 24.4 Å². The Labute approximate surface area is 132 Å². The highest BCUT2D eigenvalue weighted by molar-refractivity contribution is 5.73. The lowest BCUT2D eigenvalue weighted by Gasteiger charge is -2.34. The molecule has 1 saturated heterocycles. The van der Waals surface area contributed by atoms with Crippen molar-refractivity contribution in [1.29, 1.82) is 0 Å². The fraction of sp³-hybridized carbons (Fsp3) is 0.833. The normalized spacial score (nSPS) is 31.7. The van der Waals surface area contributed by atoms with Crippen LogP contribution in [0.5, 0.6) is 0 Å². The summed E-state index contributed by atoms with van der Waals surface area (Å²) in [6.45, 7) is -1.27. The van der Waals surface area contributed by atoms with Gasteiger partial charge in [-0.25, -0.2) is 4.79 Å². The molecule has 1 aliphatic rings. The van der Waals surface area contributed by atoms with E-state index >= 15 is 0 Å². The van der Waals surface area contributed by atoms with E-state index in [9.17, 15) is 30.0 Å². The molecule has 0 bridgehead atoms. The molecule has 5 atom stereocenters. The number of urea groups is 1. The summed E-state index contributed by atoms with van der Waals surface area (Å²) >= 11 is 0. The van der Waals surface area contributed by atoms with Crippen molar-refractivity contribution in [1.82, 2.24) is 10.6 Å². The van der Waals surface area contributed by atoms with Gasteiger partial charge in [0.2, 0.25) is 0 Å². The molecule has 1 unspecified atom stereocenters. The number of nitrogens with one attached hydrogen (secondary N) is 2. The van der Waals surface area contributed by atoms with Gasteiger partial charge >= 0.3 is 12.0 Å². The summed E-state index contributed by atoms with van der Waals surface area (Å²) in [5.74, 6) is -1.27. The van der Waals surface area contributed by atoms with E-state index in [2.05, 4.69) is 10.6 Å². The number of aliphatic carboxylic acids is 1. The number of carboxylic acid groups (broad SMARTS) is 1. The molecular formula is C12H23N3O8. The third-order valence-electron chi connectivity index (χ3n) is 3.64. The van der Waals surface area contributed by atoms with Crippen LogP contribution in [0.15, 0.2) is 0 Å². The first kappa shape index (κ1) is 19.5. The van der Waals surface area contributed by atoms with E-state index in [1.165, 1.54) is 0 Å². The Bertz CT molecular complexity index is 423. The van der Waals surface area contributed by atoms with Crippen molar-refractivity contribution in [3.8, 4) is 0 Å². The number of primary amides is 1. The Hall–Kier alpha value is -1.50. The summed E-state index contributed by atoms with van der Waals surface area (Å²) in [7, 11) is 0. The summed E-state index contributed by atoms with van der Waals surface area (Å²) in [6, 6.07) is -1.96. The van der Waals surface area contributed by atoms with Crippen molar-refractivity contribution in [3.63, 3.8) is 0 Å². The van der Waals surface area contributed by atoms with Crippen LogP contribution in [0.3, 0.4) is 0 Å². The molecule has 0 saturated carbocycles. The summed E-state index contributed by atoms with van der Waals surface area (Å²) in [4.78, 5) is 21.9. The lowest BCUT2D eigenvalue weighted by molar-refractivity contribution is -0.158. The minimum Gasteiger partial charge on any atom is -0.480 e. The van der Waals surface area contributed by atoms with Gasteiger partial charge in [0, 0.05) is 6.54 Å². The van der Waals surface area contributed by atoms with Crippen LogP contribution in [0.2, 0.25) is 0 Å². The standard InChI is InChI=1S/C12H23N3O8/c13-11(22)14-3-1-2-6(10(20)21)15-12(5-17)9(19)8(18)7(4-16)23-12/h6-9,15-19H,1-5H2,(H,20,21)(H3,13,14,22)/t6-,7+,8+,9-,12?/m0/s1. The van der Waals surface area contributed by atoms with Crippen LogP contribution in [0.4, 0.5) is 4.79 Å². The number of carbonyl (C=O) groups is 2. The lowest BCUT2D eigenvalue weighted by atomic mass is 10.0. The van der Waals surface area contributed by atoms with Crippen molar-refractivity contribution >= 4 is 12.0 Å². The Morgan fingerprint density at radius 3 is 2.39 bits per heavy atom. The molecule has 134 valence electrons. The van der Waals surface area contributed by atoms with Gasteiger partial charge in [-0.3, -0.25) is 10.1 Å². The van der Waals surface area contributed by atoms with Crippen molar-refractivity contribution in [2.75, 3.05) is 19.8 Å². The molecule has 1 rings (SSSR count). The predicted octanol–water partition coefficient (Wildman–Crippen LogP) is -3.72. The molecule has 9 N–H and O–H groups in total. The number of carbonyl (C=O) groups excluding carboxylic acids is 1. The Morgan fingerprint density at radius 2 is 1.96 bits per heavy atom. The zero-order valence-corrected chi connectivity index (χ0v) is 12.4. The summed E-state index contributed by atoms with van der Waals surface area (Å²) < 4.78 is 5.23. The van der Waals surface area contributed by atoms with Gasteiger partial charge in [0.15, 0.2) is 5.72 Å². The molecule has 0 spiro atoms. The molecule has 0 aromatic carbocycles. The van der Waals surface area contributed by atoms with Crippen LogP contribution in [0, 0.1) is 0 Å². The van der Waals surface area contributed by atoms with E-state index in [1.54, 1.807) is 0 Å². The van der Waals surface area contributed by atoms with Gasteiger partial charge in [-0.05, 0) is 12.8 Å². The van der Waals surface area contributed by atoms with Gasteiger partial charge in [-0.1, -0.05) is 0 Å². The Balaban J connectivity index is 2.72. The molecule has 11 heteroatoms. The Kier molecular flexibility index (Phi) is 7.12. The van der Waals surface area contributed by atoms with E-state index in [0.29, 0.717) is 0 Å². The van der Waals surface area contributed by atoms with Crippen LogP contribution in [-0.2, 0) is 9.53 Å². The molecule has 23 heavy (non-hydrogen) atoms. The highest BCUT2D eigenvalue weighted by Crippen LogP contribution is 2.29. The van der Waals surface area contributed by atoms with Gasteiger partial charge < -0.3 is 41.3 Å². The first-order valence-electron chi connectivity index (χ1n) is 7.07. The summed E-state index contributed by atoms with van der Waals surface area (Å²) in [6.07, 6.45) is -3.97. The topological polar surface area (TPSA) is 195 Å². The van der Waals surface area contributed by atoms with Gasteiger partial charge in [0.05, 0.1) is 13.2 Å². The third-order valence-corrected chi connectivity index (χ3v) is 3.64. The fourth-order valence-corrected chi connectivity index (χ4v) is 2.40. The number of nitrogens with two attached hydrogens (primary N) is 1. The number of aliphatic hydroxyl groups excluding tert-OH is 4. The van der Waals surface area contributed by atoms with Crippen LogP contribution in [0.1, 0.15) is 12.8 Å². The highest BCUT2D eigenvalue weighted by Gasteiger charge is 2.54. The first-order valence-corrected chi connectivity index (χ1v) is 7.07. The van der Waals surface area contributed by atoms with E-state index in [0.717, 1.165) is 0 Å². The van der Waals surface area contributed by atoms with Crippen LogP contribution < -0.4 is 16.4 Å². The van der Waals surface area contributed by atoms with Crippen LogP contribution in [-0.4, -0.2) is 87.4 Å². The van der Waals surface area contributed by atoms with Gasteiger partial charge in [-0.15, -0.1) is 0 Å². The summed E-state index contributed by atoms with van der Waals surface area (Å²) in [5, 5.41) is 52.3. The number of hydrogen-bond donors (Lipinski definition) is 8. The second-order valence-electron chi connectivity index (χ2n) is 5.29. The second-order valence-corrected chi connectivity index (χ2v) is 5.29. The van der Waals surface area contributed by atoms with Gasteiger partial charge in [-0.2, -0.15) is 0 Å². The number of carboxylic acids is 1. The zero-order chi connectivity index (χ0) is 17.6. The number of aliphatic hydroxyl groups is 4. The quantitative estimate of drug-likeness (QED) is 0.195. The lowest BCUT2D eigenvalue weighted by Crippen LogP contribution is -2.62. The number of hydrogen-bond acceptors (Lipinski definition) is 8. The zero-order valence-electron chi connectivity index (χ0n) is 12.4. The highest BCUT2D eigenvalue weighted by atomic mass is 16.6. The van der Waals surface area contributed by atoms with Crippen molar-refractivity contribution in [2.24, 2.45) is 5.73 Å². The third kappa shape index (κ3) is 4.73. The molecule has 0 radical (unpaired) electrons. The first-order chi connectivity index (χ1) is 10.8. The minimum atomic E-state index is -1.91. The maximum absolute atomic E-state index is 11.3. The Morgan fingerprint density at radius 1 is 1.30 bits per heavy atom. The molecule has 0 aromatic rings. The smallest absolute Gasteiger partial charge is 0.320 e. The average Bonchev–Trinajstić information content (AvgIpc) is 2.75. The van der Waals surface area contributed by atoms with Crippen molar-refractivity contribution in [2.45, 2.75) is 42.9 Å². The number of amides is 2. The average molecular weight is 337 g/mol. The molecular weight excluding hydrogens is 314 g/mol. The fourth-order valence-electron chi connectivity index (χ4n) is 2.40. The molecule has 11 nitrogen and oxygen atoms in total. The largest absolute Gasteiger partial charge is 0.480 e. The molecule has 0 aliphatic carbocycles. The van der Waals surface area contributed by atoms with Gasteiger partial charge in [0.25, 0.3) is 0 Å². The van der Waals surface area contributed by atoms with E-state index < -0.39 is 55.3 Å². The van der Waals surface area contributed by atoms with E-state index in [-0.39, 0.29) is 19.4 Å². The number of rotatable bonds is 9. The molecule has 1 heterocycles. The second kappa shape index (κ2) is 8.38. The minimum absolute atomic E-state index is 0.0350. The van der Waals surface area contributed by atoms with E-state index in [4.69, 9.17) is 15.6 Å². The van der Waals surface area contributed by atoms with Crippen LogP contribution >= 0.6 is 0 Å².